The Hall–Kier alpha value is -0.900. The average molecular weight is 293 g/mol. The van der Waals surface area contributed by atoms with Crippen LogP contribution < -0.4 is 5.73 Å². The fourth-order valence-electron chi connectivity index (χ4n) is 3.48. The lowest BCUT2D eigenvalue weighted by Crippen LogP contribution is -2.33. The van der Waals surface area contributed by atoms with E-state index in [9.17, 15) is 0 Å². The minimum absolute atomic E-state index is 0.407. The van der Waals surface area contributed by atoms with Gasteiger partial charge in [-0.05, 0) is 50.4 Å². The summed E-state index contributed by atoms with van der Waals surface area (Å²) in [6, 6.07) is 0. The molecule has 0 bridgehead atoms. The van der Waals surface area contributed by atoms with Gasteiger partial charge < -0.3 is 10.3 Å². The number of nitrogens with zero attached hydrogens (tertiary/aromatic N) is 2. The summed E-state index contributed by atoms with van der Waals surface area (Å²) in [4.78, 5) is 4.61. The number of hydrogen-bond donors (Lipinski definition) is 1. The Bertz CT molecular complexity index is 451. The van der Waals surface area contributed by atoms with Crippen LogP contribution in [0.1, 0.15) is 90.8 Å². The molecule has 2 rings (SSSR count). The molecule has 2 N–H and O–H groups in total. The maximum Gasteiger partial charge on any atom is 0.246 e. The maximum atomic E-state index is 6.27. The fraction of sp³-hybridized carbons (Fsp3) is 0.882. The second kappa shape index (κ2) is 6.07. The Morgan fingerprint density at radius 2 is 1.76 bits per heavy atom. The molecule has 1 aliphatic rings. The molecule has 1 unspecified atom stereocenters. The van der Waals surface area contributed by atoms with Crippen LogP contribution >= 0.6 is 0 Å². The Morgan fingerprint density at radius 3 is 2.29 bits per heavy atom. The van der Waals surface area contributed by atoms with E-state index in [1.54, 1.807) is 0 Å². The number of nitrogens with two attached hydrogens (primary N) is 1. The molecule has 1 heterocycles. The SMILES string of the molecule is CCCC(C)(N)c1nc(C2CCC(C(C)(C)C)CC2)no1. The molecule has 0 aromatic carbocycles. The summed E-state index contributed by atoms with van der Waals surface area (Å²) in [7, 11) is 0. The van der Waals surface area contributed by atoms with Gasteiger partial charge in [0.25, 0.3) is 0 Å². The highest BCUT2D eigenvalue weighted by molar-refractivity contribution is 5.04. The smallest absolute Gasteiger partial charge is 0.246 e. The zero-order valence-corrected chi connectivity index (χ0v) is 14.3. The predicted molar refractivity (Wildman–Crippen MR) is 84.9 cm³/mol. The van der Waals surface area contributed by atoms with Crippen molar-refractivity contribution in [1.29, 1.82) is 0 Å². The Balaban J connectivity index is 2.00. The van der Waals surface area contributed by atoms with Gasteiger partial charge in [0.1, 0.15) is 0 Å². The second-order valence-electron chi connectivity index (χ2n) is 8.04. The van der Waals surface area contributed by atoms with E-state index in [0.717, 1.165) is 37.4 Å². The Labute approximate surface area is 128 Å². The van der Waals surface area contributed by atoms with Crippen LogP contribution in [0.3, 0.4) is 0 Å². The molecule has 1 fully saturated rings. The van der Waals surface area contributed by atoms with Crippen LogP contribution in [-0.2, 0) is 5.54 Å². The summed E-state index contributed by atoms with van der Waals surface area (Å²) in [5.74, 6) is 2.71. The van der Waals surface area contributed by atoms with Crippen molar-refractivity contribution in [3.05, 3.63) is 11.7 Å². The molecule has 4 heteroatoms. The minimum atomic E-state index is -0.497. The van der Waals surface area contributed by atoms with Crippen molar-refractivity contribution in [2.45, 2.75) is 84.6 Å². The van der Waals surface area contributed by atoms with Crippen LogP contribution in [-0.4, -0.2) is 10.1 Å². The van der Waals surface area contributed by atoms with Gasteiger partial charge in [-0.25, -0.2) is 0 Å². The highest BCUT2D eigenvalue weighted by Crippen LogP contribution is 2.42. The molecule has 1 aromatic heterocycles. The molecular weight excluding hydrogens is 262 g/mol. The molecule has 1 atom stereocenters. The van der Waals surface area contributed by atoms with E-state index in [4.69, 9.17) is 10.3 Å². The van der Waals surface area contributed by atoms with E-state index in [1.807, 2.05) is 6.92 Å². The molecule has 0 amide bonds. The molecule has 120 valence electrons. The minimum Gasteiger partial charge on any atom is -0.337 e. The first kappa shape index (κ1) is 16.5. The van der Waals surface area contributed by atoms with Crippen molar-refractivity contribution in [2.24, 2.45) is 17.1 Å². The van der Waals surface area contributed by atoms with Gasteiger partial charge in [-0.3, -0.25) is 0 Å². The first-order chi connectivity index (χ1) is 9.74. The van der Waals surface area contributed by atoms with E-state index >= 15 is 0 Å². The zero-order valence-electron chi connectivity index (χ0n) is 14.3. The van der Waals surface area contributed by atoms with Crippen molar-refractivity contribution in [3.8, 4) is 0 Å². The Kier molecular flexibility index (Phi) is 4.76. The van der Waals surface area contributed by atoms with Crippen LogP contribution in [0.4, 0.5) is 0 Å². The second-order valence-corrected chi connectivity index (χ2v) is 8.04. The highest BCUT2D eigenvalue weighted by Gasteiger charge is 2.33. The summed E-state index contributed by atoms with van der Waals surface area (Å²) in [5.41, 5.74) is 6.18. The maximum absolute atomic E-state index is 6.27. The molecule has 0 aliphatic heterocycles. The third-order valence-corrected chi connectivity index (χ3v) is 5.02. The van der Waals surface area contributed by atoms with E-state index in [2.05, 4.69) is 37.8 Å². The summed E-state index contributed by atoms with van der Waals surface area (Å²) < 4.78 is 5.44. The monoisotopic (exact) mass is 293 g/mol. The van der Waals surface area contributed by atoms with E-state index in [0.29, 0.717) is 17.2 Å². The van der Waals surface area contributed by atoms with E-state index in [-0.39, 0.29) is 0 Å². The third-order valence-electron chi connectivity index (χ3n) is 5.02. The van der Waals surface area contributed by atoms with E-state index < -0.39 is 5.54 Å². The Morgan fingerprint density at radius 1 is 1.14 bits per heavy atom. The molecule has 0 radical (unpaired) electrons. The highest BCUT2D eigenvalue weighted by atomic mass is 16.5. The van der Waals surface area contributed by atoms with E-state index in [1.165, 1.54) is 12.8 Å². The first-order valence-corrected chi connectivity index (χ1v) is 8.37. The molecule has 4 nitrogen and oxygen atoms in total. The van der Waals surface area contributed by atoms with Crippen molar-refractivity contribution in [1.82, 2.24) is 10.1 Å². The number of rotatable bonds is 4. The van der Waals surface area contributed by atoms with Gasteiger partial charge in [0, 0.05) is 5.92 Å². The lowest BCUT2D eigenvalue weighted by Gasteiger charge is -2.36. The summed E-state index contributed by atoms with van der Waals surface area (Å²) >= 11 is 0. The van der Waals surface area contributed by atoms with Gasteiger partial charge >= 0.3 is 0 Å². The van der Waals surface area contributed by atoms with Crippen molar-refractivity contribution in [2.75, 3.05) is 0 Å². The largest absolute Gasteiger partial charge is 0.337 e. The van der Waals surface area contributed by atoms with Crippen molar-refractivity contribution >= 4 is 0 Å². The van der Waals surface area contributed by atoms with Crippen LogP contribution in [0.5, 0.6) is 0 Å². The molecular formula is C17H31N3O. The molecule has 0 saturated heterocycles. The summed E-state index contributed by atoms with van der Waals surface area (Å²) in [6.45, 7) is 11.1. The standard InChI is InChI=1S/C17H31N3O/c1-6-11-17(5,18)15-19-14(20-21-15)12-7-9-13(10-8-12)16(2,3)4/h12-13H,6-11,18H2,1-5H3. The fourth-order valence-corrected chi connectivity index (χ4v) is 3.48. The summed E-state index contributed by atoms with van der Waals surface area (Å²) in [6.07, 6.45) is 6.72. The van der Waals surface area contributed by atoms with Gasteiger partial charge in [-0.2, -0.15) is 4.98 Å². The van der Waals surface area contributed by atoms with Crippen molar-refractivity contribution < 1.29 is 4.52 Å². The molecule has 1 saturated carbocycles. The van der Waals surface area contributed by atoms with Crippen LogP contribution in [0, 0.1) is 11.3 Å². The van der Waals surface area contributed by atoms with Gasteiger partial charge in [0.2, 0.25) is 5.89 Å². The van der Waals surface area contributed by atoms with Crippen LogP contribution in [0.2, 0.25) is 0 Å². The quantitative estimate of drug-likeness (QED) is 0.895. The predicted octanol–water partition coefficient (Wildman–Crippen LogP) is 4.36. The lowest BCUT2D eigenvalue weighted by molar-refractivity contribution is 0.166. The summed E-state index contributed by atoms with van der Waals surface area (Å²) in [5, 5.41) is 4.21. The molecule has 1 aromatic rings. The van der Waals surface area contributed by atoms with Gasteiger partial charge in [-0.15, -0.1) is 0 Å². The number of hydrogen-bond acceptors (Lipinski definition) is 4. The number of aromatic nitrogens is 2. The first-order valence-electron chi connectivity index (χ1n) is 8.37. The third kappa shape index (κ3) is 3.85. The molecule has 0 spiro atoms. The molecule has 1 aliphatic carbocycles. The van der Waals surface area contributed by atoms with Gasteiger partial charge in [0.15, 0.2) is 5.82 Å². The lowest BCUT2D eigenvalue weighted by atomic mass is 9.70. The average Bonchev–Trinajstić information content (AvgIpc) is 2.88. The topological polar surface area (TPSA) is 64.9 Å². The molecule has 21 heavy (non-hydrogen) atoms. The van der Waals surface area contributed by atoms with Crippen LogP contribution in [0.15, 0.2) is 4.52 Å². The normalized spacial score (nSPS) is 26.6. The zero-order chi connectivity index (χ0) is 15.7. The van der Waals surface area contributed by atoms with Crippen molar-refractivity contribution in [3.63, 3.8) is 0 Å². The van der Waals surface area contributed by atoms with Crippen LogP contribution in [0.25, 0.3) is 0 Å². The van der Waals surface area contributed by atoms with Gasteiger partial charge in [-0.1, -0.05) is 39.3 Å². The van der Waals surface area contributed by atoms with Gasteiger partial charge in [0.05, 0.1) is 5.54 Å².